The molecule has 0 saturated heterocycles. The van der Waals surface area contributed by atoms with Crippen LogP contribution in [-0.2, 0) is 13.2 Å². The van der Waals surface area contributed by atoms with Gasteiger partial charge in [0.15, 0.2) is 16.8 Å². The fraction of sp³-hybridized carbons (Fsp3) is 0.286. The molecule has 0 saturated carbocycles. The van der Waals surface area contributed by atoms with Gasteiger partial charge in [0.2, 0.25) is 0 Å². The SMILES string of the molecule is CCn1c(COc2c(C)cccc2C)nnc1SCC(=O)c1ccccc1. The molecule has 0 bridgehead atoms. The zero-order valence-electron chi connectivity index (χ0n) is 15.8. The van der Waals surface area contributed by atoms with E-state index in [-0.39, 0.29) is 5.78 Å². The number of hydrogen-bond donors (Lipinski definition) is 0. The van der Waals surface area contributed by atoms with Crippen LogP contribution in [0.5, 0.6) is 5.75 Å². The van der Waals surface area contributed by atoms with E-state index in [1.54, 1.807) is 0 Å². The number of nitrogens with zero attached hydrogens (tertiary/aromatic N) is 3. The van der Waals surface area contributed by atoms with Gasteiger partial charge >= 0.3 is 0 Å². The molecular weight excluding hydrogens is 358 g/mol. The third-order valence-corrected chi connectivity index (χ3v) is 5.26. The molecule has 5 nitrogen and oxygen atoms in total. The van der Waals surface area contributed by atoms with Crippen molar-refractivity contribution in [1.29, 1.82) is 0 Å². The van der Waals surface area contributed by atoms with Crippen molar-refractivity contribution >= 4 is 17.5 Å². The fourth-order valence-electron chi connectivity index (χ4n) is 2.85. The summed E-state index contributed by atoms with van der Waals surface area (Å²) in [6, 6.07) is 15.4. The second-order valence-corrected chi connectivity index (χ2v) is 7.17. The lowest BCUT2D eigenvalue weighted by Gasteiger charge is -2.12. The van der Waals surface area contributed by atoms with Crippen LogP contribution in [0.2, 0.25) is 0 Å². The first-order valence-electron chi connectivity index (χ1n) is 8.92. The summed E-state index contributed by atoms with van der Waals surface area (Å²) in [7, 11) is 0. The van der Waals surface area contributed by atoms with Crippen molar-refractivity contribution in [3.63, 3.8) is 0 Å². The summed E-state index contributed by atoms with van der Waals surface area (Å²) in [5, 5.41) is 9.26. The van der Waals surface area contributed by atoms with Crippen molar-refractivity contribution in [2.24, 2.45) is 0 Å². The Labute approximate surface area is 163 Å². The minimum atomic E-state index is 0.0830. The largest absolute Gasteiger partial charge is 0.485 e. The molecular formula is C21H23N3O2S. The topological polar surface area (TPSA) is 57.0 Å². The highest BCUT2D eigenvalue weighted by Crippen LogP contribution is 2.24. The zero-order valence-corrected chi connectivity index (χ0v) is 16.6. The van der Waals surface area contributed by atoms with Gasteiger partial charge in [-0.05, 0) is 31.9 Å². The van der Waals surface area contributed by atoms with Crippen molar-refractivity contribution in [1.82, 2.24) is 14.8 Å². The van der Waals surface area contributed by atoms with Crippen LogP contribution < -0.4 is 4.74 Å². The number of thioether (sulfide) groups is 1. The van der Waals surface area contributed by atoms with Crippen LogP contribution in [0, 0.1) is 13.8 Å². The predicted octanol–water partition coefficient (Wildman–Crippen LogP) is 4.47. The number of ether oxygens (including phenoxy) is 1. The number of hydrogen-bond acceptors (Lipinski definition) is 5. The molecule has 6 heteroatoms. The van der Waals surface area contributed by atoms with Crippen molar-refractivity contribution in [3.8, 4) is 5.75 Å². The van der Waals surface area contributed by atoms with Crippen molar-refractivity contribution < 1.29 is 9.53 Å². The number of benzene rings is 2. The summed E-state index contributed by atoms with van der Waals surface area (Å²) >= 11 is 1.41. The summed E-state index contributed by atoms with van der Waals surface area (Å²) in [6.45, 7) is 7.17. The first kappa shape index (κ1) is 19.2. The van der Waals surface area contributed by atoms with E-state index in [0.717, 1.165) is 34.4 Å². The van der Waals surface area contributed by atoms with Crippen LogP contribution >= 0.6 is 11.8 Å². The molecule has 0 amide bonds. The summed E-state index contributed by atoms with van der Waals surface area (Å²) in [5.41, 5.74) is 2.91. The molecule has 0 aliphatic rings. The van der Waals surface area contributed by atoms with Gasteiger partial charge in [-0.25, -0.2) is 0 Å². The molecule has 0 atom stereocenters. The van der Waals surface area contributed by atoms with Crippen molar-refractivity contribution in [3.05, 3.63) is 71.0 Å². The van der Waals surface area contributed by atoms with Crippen LogP contribution in [0.15, 0.2) is 53.7 Å². The van der Waals surface area contributed by atoms with Gasteiger partial charge in [-0.3, -0.25) is 4.79 Å². The quantitative estimate of drug-likeness (QED) is 0.426. The van der Waals surface area contributed by atoms with Crippen LogP contribution in [-0.4, -0.2) is 26.3 Å². The standard InChI is InChI=1S/C21H23N3O2S/c1-4-24-19(13-26-20-15(2)9-8-10-16(20)3)22-23-21(24)27-14-18(25)17-11-6-5-7-12-17/h5-12H,4,13-14H2,1-3H3. The highest BCUT2D eigenvalue weighted by Gasteiger charge is 2.15. The van der Waals surface area contributed by atoms with Gasteiger partial charge in [0.05, 0.1) is 5.75 Å². The number of carbonyl (C=O) groups is 1. The van der Waals surface area contributed by atoms with Gasteiger partial charge in [-0.2, -0.15) is 0 Å². The third kappa shape index (κ3) is 4.57. The van der Waals surface area contributed by atoms with Gasteiger partial charge in [0, 0.05) is 12.1 Å². The molecule has 0 unspecified atom stereocenters. The Balaban J connectivity index is 1.67. The molecule has 0 spiro atoms. The maximum atomic E-state index is 12.3. The second-order valence-electron chi connectivity index (χ2n) is 6.23. The highest BCUT2D eigenvalue weighted by molar-refractivity contribution is 7.99. The first-order valence-corrected chi connectivity index (χ1v) is 9.90. The molecule has 27 heavy (non-hydrogen) atoms. The van der Waals surface area contributed by atoms with E-state index in [0.29, 0.717) is 17.9 Å². The van der Waals surface area contributed by atoms with Gasteiger partial charge in [-0.15, -0.1) is 10.2 Å². The summed E-state index contributed by atoms with van der Waals surface area (Å²) in [5.74, 6) is 2.06. The Morgan fingerprint density at radius 3 is 2.41 bits per heavy atom. The van der Waals surface area contributed by atoms with Gasteiger partial charge in [-0.1, -0.05) is 60.3 Å². The highest BCUT2D eigenvalue weighted by atomic mass is 32.2. The molecule has 0 aliphatic heterocycles. The lowest BCUT2D eigenvalue weighted by atomic mass is 10.1. The van der Waals surface area contributed by atoms with E-state index in [4.69, 9.17) is 4.74 Å². The van der Waals surface area contributed by atoms with E-state index >= 15 is 0 Å². The minimum Gasteiger partial charge on any atom is -0.485 e. The molecule has 1 heterocycles. The van der Waals surface area contributed by atoms with E-state index < -0.39 is 0 Å². The molecule has 3 aromatic rings. The van der Waals surface area contributed by atoms with E-state index in [1.807, 2.05) is 73.9 Å². The average molecular weight is 382 g/mol. The molecule has 3 rings (SSSR count). The van der Waals surface area contributed by atoms with Crippen LogP contribution in [0.4, 0.5) is 0 Å². The lowest BCUT2D eigenvalue weighted by molar-refractivity contribution is 0.102. The van der Waals surface area contributed by atoms with Crippen molar-refractivity contribution in [2.75, 3.05) is 5.75 Å². The summed E-state index contributed by atoms with van der Waals surface area (Å²) in [4.78, 5) is 12.3. The average Bonchev–Trinajstić information content (AvgIpc) is 3.08. The summed E-state index contributed by atoms with van der Waals surface area (Å²) in [6.07, 6.45) is 0. The van der Waals surface area contributed by atoms with E-state index in [2.05, 4.69) is 10.2 Å². The monoisotopic (exact) mass is 381 g/mol. The third-order valence-electron chi connectivity index (χ3n) is 4.29. The lowest BCUT2D eigenvalue weighted by Crippen LogP contribution is -2.09. The zero-order chi connectivity index (χ0) is 19.2. The number of aryl methyl sites for hydroxylation is 2. The van der Waals surface area contributed by atoms with Crippen LogP contribution in [0.3, 0.4) is 0 Å². The van der Waals surface area contributed by atoms with E-state index in [1.165, 1.54) is 11.8 Å². The number of carbonyl (C=O) groups excluding carboxylic acids is 1. The van der Waals surface area contributed by atoms with Crippen LogP contribution in [0.25, 0.3) is 0 Å². The number of aromatic nitrogens is 3. The normalized spacial score (nSPS) is 10.8. The van der Waals surface area contributed by atoms with Gasteiger partial charge in [0.25, 0.3) is 0 Å². The minimum absolute atomic E-state index is 0.0830. The van der Waals surface area contributed by atoms with Gasteiger partial charge < -0.3 is 9.30 Å². The maximum absolute atomic E-state index is 12.3. The molecule has 0 aliphatic carbocycles. The molecule has 1 aromatic heterocycles. The number of Topliss-reactive ketones (excluding diaryl/α,β-unsaturated/α-hetero) is 1. The smallest absolute Gasteiger partial charge is 0.191 e. The molecule has 140 valence electrons. The maximum Gasteiger partial charge on any atom is 0.191 e. The Morgan fingerprint density at radius 1 is 1.04 bits per heavy atom. The number of rotatable bonds is 8. The van der Waals surface area contributed by atoms with Crippen molar-refractivity contribution in [2.45, 2.75) is 39.1 Å². The summed E-state index contributed by atoms with van der Waals surface area (Å²) < 4.78 is 8.00. The molecule has 0 radical (unpaired) electrons. The molecule has 2 aromatic carbocycles. The Bertz CT molecular complexity index is 902. The molecule has 0 fully saturated rings. The second kappa shape index (κ2) is 8.86. The number of para-hydroxylation sites is 1. The Hall–Kier alpha value is -2.60. The van der Waals surface area contributed by atoms with E-state index in [9.17, 15) is 4.79 Å². The number of ketones is 1. The Morgan fingerprint density at radius 2 is 1.74 bits per heavy atom. The predicted molar refractivity (Wildman–Crippen MR) is 107 cm³/mol. The molecule has 0 N–H and O–H groups in total. The van der Waals surface area contributed by atoms with Crippen LogP contribution in [0.1, 0.15) is 34.2 Å². The first-order chi connectivity index (χ1) is 13.1. The Kier molecular flexibility index (Phi) is 6.29. The van der Waals surface area contributed by atoms with Gasteiger partial charge in [0.1, 0.15) is 12.4 Å². The fourth-order valence-corrected chi connectivity index (χ4v) is 3.77.